The molecule has 8 nitrogen and oxygen atoms in total. The first-order valence-corrected chi connectivity index (χ1v) is 40.5. The van der Waals surface area contributed by atoms with Crippen LogP contribution in [0.5, 0.6) is 0 Å². The summed E-state index contributed by atoms with van der Waals surface area (Å²) in [6.45, 7) is 58.7. The SMILES string of the molecule is CC(C)(C)C/C=C\CSSCCN1CCOCC1.CC(C)(C)CCC(C)(C)CCSSCCN1CCOCC1.CC(C)(C)CCC(C)(C)CSSCCN1CCOCC1.CC(C)(C)CCCCCSSCCN1CCOCC1. The maximum atomic E-state index is 5.38. The molecule has 4 fully saturated rings. The molecule has 0 aliphatic carbocycles. The molecule has 0 aromatic heterocycles. The van der Waals surface area contributed by atoms with Gasteiger partial charge < -0.3 is 18.9 Å². The number of hydrogen-bond acceptors (Lipinski definition) is 16. The lowest BCUT2D eigenvalue weighted by Crippen LogP contribution is -2.37. The minimum Gasteiger partial charge on any atom is -0.379 e. The maximum Gasteiger partial charge on any atom is 0.0594 e. The molecular formula is C62H126N4O4S8. The molecule has 4 heterocycles. The minimum absolute atomic E-state index is 0.421. The van der Waals surface area contributed by atoms with E-state index in [1.165, 1.54) is 131 Å². The summed E-state index contributed by atoms with van der Waals surface area (Å²) < 4.78 is 21.4. The highest BCUT2D eigenvalue weighted by molar-refractivity contribution is 8.77. The summed E-state index contributed by atoms with van der Waals surface area (Å²) in [5.74, 6) is 9.95. The first-order valence-electron chi connectivity index (χ1n) is 30.6. The number of rotatable bonds is 33. The number of hydrogen-bond donors (Lipinski definition) is 0. The Hall–Kier alpha value is 2.22. The summed E-state index contributed by atoms with van der Waals surface area (Å²) >= 11 is 0. The Balaban J connectivity index is 0.000000521. The molecule has 0 radical (unpaired) electrons. The molecule has 466 valence electrons. The van der Waals surface area contributed by atoms with Gasteiger partial charge in [-0.3, -0.25) is 19.6 Å². The summed E-state index contributed by atoms with van der Waals surface area (Å²) in [4.78, 5) is 10.0. The van der Waals surface area contributed by atoms with E-state index < -0.39 is 0 Å². The Morgan fingerprint density at radius 1 is 0.308 bits per heavy atom. The van der Waals surface area contributed by atoms with Crippen LogP contribution in [-0.2, 0) is 18.9 Å². The van der Waals surface area contributed by atoms with Crippen molar-refractivity contribution in [3.63, 3.8) is 0 Å². The van der Waals surface area contributed by atoms with E-state index in [4.69, 9.17) is 18.9 Å². The van der Waals surface area contributed by atoms with Crippen LogP contribution in [0.25, 0.3) is 0 Å². The second-order valence-electron chi connectivity index (χ2n) is 28.1. The van der Waals surface area contributed by atoms with E-state index in [2.05, 4.69) is 175 Å². The molecule has 0 bridgehead atoms. The van der Waals surface area contributed by atoms with Crippen LogP contribution in [0, 0.1) is 32.5 Å². The van der Waals surface area contributed by atoms with Gasteiger partial charge in [-0.25, -0.2) is 0 Å². The molecule has 0 saturated carbocycles. The Morgan fingerprint density at radius 2 is 0.654 bits per heavy atom. The fraction of sp³-hybridized carbons (Fsp3) is 0.968. The van der Waals surface area contributed by atoms with Crippen LogP contribution in [0.4, 0.5) is 0 Å². The van der Waals surface area contributed by atoms with E-state index in [1.54, 1.807) is 0 Å². The standard InChI is InChI=1S/C17H35NOS2.C16H33NOS2.C15H31NOS2.C14H27NOS2/c1-16(2,3)6-7-17(4,5)8-14-20-21-15-11-18-9-12-19-13-10-18;1-15(2,3)6-7-16(4,5)14-20-19-13-10-17-8-11-18-12-9-17;1-15(2,3)7-5-4-6-13-18-19-14-10-16-8-11-17-12-9-16;1-14(2,3)6-4-5-12-17-18-13-9-15-7-10-16-11-8-15/h6-15H2,1-5H3;6-14H2,1-5H3;4-14H2,1-3H3;4-5H,6-13H2,1-3H3/b;;;5-4-. The number of nitrogens with zero attached hydrogens (tertiary/aromatic N) is 4. The molecule has 0 spiro atoms. The average molecular weight is 1250 g/mol. The van der Waals surface area contributed by atoms with Crippen LogP contribution in [0.1, 0.15) is 175 Å². The third-order valence-corrected chi connectivity index (χ3v) is 23.7. The number of morpholine rings is 4. The second kappa shape index (κ2) is 46.4. The van der Waals surface area contributed by atoms with Crippen molar-refractivity contribution < 1.29 is 18.9 Å². The first-order chi connectivity index (χ1) is 36.7. The molecular weight excluding hydrogens is 1120 g/mol. The lowest BCUT2D eigenvalue weighted by molar-refractivity contribution is 0.0409. The number of unbranched alkanes of at least 4 members (excludes halogenated alkanes) is 2. The van der Waals surface area contributed by atoms with Gasteiger partial charge in [-0.05, 0) is 83.9 Å². The van der Waals surface area contributed by atoms with Crippen LogP contribution in [0.2, 0.25) is 0 Å². The highest BCUT2D eigenvalue weighted by Crippen LogP contribution is 2.37. The quantitative estimate of drug-likeness (QED) is 0.0356. The van der Waals surface area contributed by atoms with Gasteiger partial charge in [0.15, 0.2) is 0 Å². The van der Waals surface area contributed by atoms with Gasteiger partial charge in [0.2, 0.25) is 0 Å². The first kappa shape index (κ1) is 78.2. The highest BCUT2D eigenvalue weighted by atomic mass is 33.1. The number of allylic oxidation sites excluding steroid dienone is 1. The van der Waals surface area contributed by atoms with E-state index >= 15 is 0 Å². The average Bonchev–Trinajstić information content (AvgIpc) is 3.37. The van der Waals surface area contributed by atoms with Gasteiger partial charge in [-0.15, -0.1) is 0 Å². The fourth-order valence-corrected chi connectivity index (χ4v) is 17.3. The predicted molar refractivity (Wildman–Crippen MR) is 369 cm³/mol. The highest BCUT2D eigenvalue weighted by Gasteiger charge is 2.23. The lowest BCUT2D eigenvalue weighted by atomic mass is 9.79. The Kier molecular flexibility index (Phi) is 46.5. The molecule has 16 heteroatoms. The fourth-order valence-electron chi connectivity index (χ4n) is 8.05. The molecule has 0 amide bonds. The monoisotopic (exact) mass is 1250 g/mol. The zero-order valence-corrected chi connectivity index (χ0v) is 60.2. The van der Waals surface area contributed by atoms with Crippen molar-refractivity contribution in [1.29, 1.82) is 0 Å². The van der Waals surface area contributed by atoms with Crippen LogP contribution in [-0.4, -0.2) is 197 Å². The summed E-state index contributed by atoms with van der Waals surface area (Å²) in [6, 6.07) is 0. The largest absolute Gasteiger partial charge is 0.379 e. The van der Waals surface area contributed by atoms with Gasteiger partial charge in [-0.1, -0.05) is 222 Å². The number of ether oxygens (including phenoxy) is 4. The molecule has 4 rings (SSSR count). The third kappa shape index (κ3) is 54.8. The van der Waals surface area contributed by atoms with Gasteiger partial charge in [-0.2, -0.15) is 0 Å². The van der Waals surface area contributed by atoms with Crippen molar-refractivity contribution in [1.82, 2.24) is 19.6 Å². The van der Waals surface area contributed by atoms with Crippen LogP contribution in [0.15, 0.2) is 12.2 Å². The minimum atomic E-state index is 0.421. The van der Waals surface area contributed by atoms with Crippen molar-refractivity contribution in [3.05, 3.63) is 12.2 Å². The molecule has 4 saturated heterocycles. The molecule has 4 aliphatic rings. The van der Waals surface area contributed by atoms with Gasteiger partial charge in [0, 0.05) is 125 Å². The lowest BCUT2D eigenvalue weighted by Gasteiger charge is -2.29. The predicted octanol–water partition coefficient (Wildman–Crippen LogP) is 17.5. The molecule has 0 atom stereocenters. The van der Waals surface area contributed by atoms with Gasteiger partial charge in [0.1, 0.15) is 0 Å². The normalized spacial score (nSPS) is 18.3. The maximum absolute atomic E-state index is 5.38. The summed E-state index contributed by atoms with van der Waals surface area (Å²) in [5, 5.41) is 0. The van der Waals surface area contributed by atoms with E-state index in [0.717, 1.165) is 111 Å². The zero-order valence-electron chi connectivity index (χ0n) is 53.7. The van der Waals surface area contributed by atoms with Gasteiger partial charge in [0.05, 0.1) is 52.9 Å². The van der Waals surface area contributed by atoms with E-state index in [-0.39, 0.29) is 0 Å². The van der Waals surface area contributed by atoms with Crippen molar-refractivity contribution in [2.24, 2.45) is 32.5 Å². The zero-order chi connectivity index (χ0) is 58.1. The molecule has 0 unspecified atom stereocenters. The van der Waals surface area contributed by atoms with Crippen molar-refractivity contribution >= 4 is 86.4 Å². The van der Waals surface area contributed by atoms with Crippen LogP contribution < -0.4 is 0 Å². The topological polar surface area (TPSA) is 49.9 Å². The second-order valence-corrected chi connectivity index (χ2v) is 38.7. The van der Waals surface area contributed by atoms with E-state index in [9.17, 15) is 0 Å². The van der Waals surface area contributed by atoms with Gasteiger partial charge in [0.25, 0.3) is 0 Å². The van der Waals surface area contributed by atoms with Crippen molar-refractivity contribution in [2.75, 3.05) is 177 Å². The van der Waals surface area contributed by atoms with Crippen molar-refractivity contribution in [2.45, 2.75) is 175 Å². The van der Waals surface area contributed by atoms with Crippen LogP contribution >= 0.6 is 86.4 Å². The van der Waals surface area contributed by atoms with E-state index in [0.29, 0.717) is 32.5 Å². The Labute approximate surface area is 517 Å². The Bertz CT molecular complexity index is 1380. The summed E-state index contributed by atoms with van der Waals surface area (Å²) in [6.07, 6.45) is 18.0. The third-order valence-electron chi connectivity index (χ3n) is 13.8. The Morgan fingerprint density at radius 3 is 1.04 bits per heavy atom. The van der Waals surface area contributed by atoms with E-state index in [1.807, 2.05) is 54.0 Å². The summed E-state index contributed by atoms with van der Waals surface area (Å²) in [7, 11) is 16.3. The van der Waals surface area contributed by atoms with Crippen LogP contribution in [0.3, 0.4) is 0 Å². The molecule has 4 aliphatic heterocycles. The molecule has 0 N–H and O–H groups in total. The molecule has 0 aromatic carbocycles. The van der Waals surface area contributed by atoms with Gasteiger partial charge >= 0.3 is 0 Å². The smallest absolute Gasteiger partial charge is 0.0594 e. The summed E-state index contributed by atoms with van der Waals surface area (Å²) in [5.41, 5.74) is 2.82. The molecule has 0 aromatic rings. The molecule has 78 heavy (non-hydrogen) atoms. The van der Waals surface area contributed by atoms with Crippen molar-refractivity contribution in [3.8, 4) is 0 Å².